The molecule has 0 fully saturated rings. The molecule has 0 bridgehead atoms. The Kier molecular flexibility index (Phi) is 5.25. The summed E-state index contributed by atoms with van der Waals surface area (Å²) in [6, 6.07) is 28.8. The maximum Gasteiger partial charge on any atom is 0.338 e. The van der Waals surface area contributed by atoms with Crippen LogP contribution in [0.1, 0.15) is 24.1 Å². The zero-order valence-corrected chi connectivity index (χ0v) is 17.6. The van der Waals surface area contributed by atoms with Crippen LogP contribution in [0.5, 0.6) is 0 Å². The molecule has 1 aliphatic heterocycles. The van der Waals surface area contributed by atoms with Gasteiger partial charge in [0.05, 0.1) is 5.57 Å². The van der Waals surface area contributed by atoms with Crippen molar-refractivity contribution in [1.82, 2.24) is 14.8 Å². The van der Waals surface area contributed by atoms with Gasteiger partial charge in [-0.05, 0) is 18.1 Å². The number of fused-ring (bicyclic) bond motifs is 1. The molecule has 1 aliphatic rings. The van der Waals surface area contributed by atoms with Crippen LogP contribution < -0.4 is 5.32 Å². The van der Waals surface area contributed by atoms with Crippen LogP contribution in [0.3, 0.4) is 0 Å². The number of nitrogens with one attached hydrogen (secondary N) is 1. The van der Waals surface area contributed by atoms with Crippen LogP contribution in [0, 0.1) is 0 Å². The van der Waals surface area contributed by atoms with Crippen molar-refractivity contribution in [3.63, 3.8) is 0 Å². The van der Waals surface area contributed by atoms with Crippen molar-refractivity contribution in [3.8, 4) is 11.4 Å². The van der Waals surface area contributed by atoms with Gasteiger partial charge in [0.15, 0.2) is 5.82 Å². The quantitative estimate of drug-likeness (QED) is 0.460. The number of esters is 1. The third-order valence-electron chi connectivity index (χ3n) is 5.43. The highest BCUT2D eigenvalue weighted by Gasteiger charge is 2.35. The third-order valence-corrected chi connectivity index (χ3v) is 5.43. The number of aromatic nitrogens is 3. The van der Waals surface area contributed by atoms with Gasteiger partial charge in [0, 0.05) is 11.3 Å². The van der Waals surface area contributed by atoms with Gasteiger partial charge >= 0.3 is 5.97 Å². The Balaban J connectivity index is 1.53. The molecule has 6 nitrogen and oxygen atoms in total. The molecule has 6 heteroatoms. The van der Waals surface area contributed by atoms with E-state index in [1.165, 1.54) is 0 Å². The van der Waals surface area contributed by atoms with E-state index in [9.17, 15) is 4.79 Å². The normalized spacial score (nSPS) is 15.1. The number of ether oxygens (including phenoxy) is 1. The molecule has 0 saturated heterocycles. The molecule has 158 valence electrons. The molecule has 1 atom stereocenters. The fourth-order valence-electron chi connectivity index (χ4n) is 3.87. The molecule has 3 aromatic carbocycles. The monoisotopic (exact) mass is 422 g/mol. The summed E-state index contributed by atoms with van der Waals surface area (Å²) >= 11 is 0. The summed E-state index contributed by atoms with van der Waals surface area (Å²) < 4.78 is 7.47. The van der Waals surface area contributed by atoms with E-state index >= 15 is 0 Å². The van der Waals surface area contributed by atoms with E-state index in [-0.39, 0.29) is 12.6 Å². The summed E-state index contributed by atoms with van der Waals surface area (Å²) in [5.74, 6) is 0.811. The number of anilines is 1. The van der Waals surface area contributed by atoms with Gasteiger partial charge in [-0.25, -0.2) is 9.48 Å². The Morgan fingerprint density at radius 1 is 0.938 bits per heavy atom. The van der Waals surface area contributed by atoms with Gasteiger partial charge in [0.25, 0.3) is 0 Å². The average molecular weight is 422 g/mol. The number of carbonyl (C=O) groups excluding carboxylic acids is 1. The number of allylic oxidation sites excluding steroid dienone is 1. The fraction of sp³-hybridized carbons (Fsp3) is 0.115. The van der Waals surface area contributed by atoms with Gasteiger partial charge < -0.3 is 10.1 Å². The molecule has 0 unspecified atom stereocenters. The van der Waals surface area contributed by atoms with Crippen LogP contribution in [0.15, 0.2) is 102 Å². The van der Waals surface area contributed by atoms with Gasteiger partial charge in [0.1, 0.15) is 12.6 Å². The standard InChI is InChI=1S/C26H22N4O2/c1-18-22(25(31)32-17-19-11-5-2-6-12-19)23(20-13-7-3-8-14-20)30-26(27-18)28-24(29-30)21-15-9-4-10-16-21/h2-16,23H,17H2,1H3,(H,27,28,29)/t23-/m1/s1. The topological polar surface area (TPSA) is 69.0 Å². The van der Waals surface area contributed by atoms with E-state index in [1.54, 1.807) is 4.68 Å². The predicted molar refractivity (Wildman–Crippen MR) is 123 cm³/mol. The summed E-state index contributed by atoms with van der Waals surface area (Å²) in [4.78, 5) is 18.0. The second kappa shape index (κ2) is 8.51. The Labute approximate surface area is 186 Å². The first-order chi connectivity index (χ1) is 15.7. The van der Waals surface area contributed by atoms with Crippen molar-refractivity contribution < 1.29 is 9.53 Å². The number of rotatable bonds is 5. The smallest absolute Gasteiger partial charge is 0.338 e. The molecular weight excluding hydrogens is 400 g/mol. The minimum atomic E-state index is -0.444. The fourth-order valence-corrected chi connectivity index (χ4v) is 3.87. The number of hydrogen-bond acceptors (Lipinski definition) is 5. The van der Waals surface area contributed by atoms with E-state index in [1.807, 2.05) is 97.9 Å². The first-order valence-corrected chi connectivity index (χ1v) is 10.5. The zero-order valence-electron chi connectivity index (χ0n) is 17.6. The Hall–Kier alpha value is -4.19. The van der Waals surface area contributed by atoms with Crippen molar-refractivity contribution in [2.24, 2.45) is 0 Å². The van der Waals surface area contributed by atoms with Gasteiger partial charge in [-0.1, -0.05) is 91.0 Å². The molecule has 0 amide bonds. The van der Waals surface area contributed by atoms with E-state index < -0.39 is 6.04 Å². The van der Waals surface area contributed by atoms with Crippen LogP contribution in [-0.2, 0) is 16.1 Å². The molecule has 0 radical (unpaired) electrons. The molecule has 0 spiro atoms. The average Bonchev–Trinajstić information content (AvgIpc) is 3.27. The highest BCUT2D eigenvalue weighted by Crippen LogP contribution is 2.36. The molecule has 1 N–H and O–H groups in total. The minimum absolute atomic E-state index is 0.206. The molecule has 1 aromatic heterocycles. The SMILES string of the molecule is CC1=C(C(=O)OCc2ccccc2)[C@@H](c2ccccc2)n2nc(-c3ccccc3)nc2N1. The van der Waals surface area contributed by atoms with Gasteiger partial charge in [-0.15, -0.1) is 5.10 Å². The highest BCUT2D eigenvalue weighted by molar-refractivity contribution is 5.92. The summed E-state index contributed by atoms with van der Waals surface area (Å²) in [7, 11) is 0. The van der Waals surface area contributed by atoms with E-state index in [0.717, 1.165) is 16.7 Å². The Morgan fingerprint density at radius 3 is 2.25 bits per heavy atom. The van der Waals surface area contributed by atoms with Gasteiger partial charge in [0.2, 0.25) is 5.95 Å². The van der Waals surface area contributed by atoms with Crippen LogP contribution in [0.2, 0.25) is 0 Å². The van der Waals surface area contributed by atoms with Crippen molar-refractivity contribution in [2.45, 2.75) is 19.6 Å². The van der Waals surface area contributed by atoms with Crippen LogP contribution >= 0.6 is 0 Å². The second-order valence-electron chi connectivity index (χ2n) is 7.61. The number of nitrogens with zero attached hydrogens (tertiary/aromatic N) is 3. The number of carbonyl (C=O) groups is 1. The van der Waals surface area contributed by atoms with E-state index in [2.05, 4.69) is 10.3 Å². The molecule has 4 aromatic rings. The van der Waals surface area contributed by atoms with E-state index in [0.29, 0.717) is 23.0 Å². The lowest BCUT2D eigenvalue weighted by molar-refractivity contribution is -0.140. The lowest BCUT2D eigenvalue weighted by Gasteiger charge is -2.28. The van der Waals surface area contributed by atoms with E-state index in [4.69, 9.17) is 9.84 Å². The van der Waals surface area contributed by atoms with Crippen molar-refractivity contribution in [2.75, 3.05) is 5.32 Å². The Morgan fingerprint density at radius 2 is 1.56 bits per heavy atom. The van der Waals surface area contributed by atoms with Crippen LogP contribution in [0.4, 0.5) is 5.95 Å². The van der Waals surface area contributed by atoms with Crippen molar-refractivity contribution >= 4 is 11.9 Å². The number of benzene rings is 3. The first kappa shape index (κ1) is 19.8. The van der Waals surface area contributed by atoms with Crippen LogP contribution in [-0.4, -0.2) is 20.7 Å². The highest BCUT2D eigenvalue weighted by atomic mass is 16.5. The summed E-state index contributed by atoms with van der Waals surface area (Å²) in [6.45, 7) is 2.08. The molecule has 2 heterocycles. The third kappa shape index (κ3) is 3.78. The van der Waals surface area contributed by atoms with Gasteiger partial charge in [-0.3, -0.25) is 0 Å². The van der Waals surface area contributed by atoms with Crippen molar-refractivity contribution in [3.05, 3.63) is 113 Å². The molecule has 0 saturated carbocycles. The lowest BCUT2D eigenvalue weighted by Crippen LogP contribution is -2.29. The van der Waals surface area contributed by atoms with Crippen LogP contribution in [0.25, 0.3) is 11.4 Å². The number of hydrogen-bond donors (Lipinski definition) is 1. The van der Waals surface area contributed by atoms with Crippen molar-refractivity contribution in [1.29, 1.82) is 0 Å². The molecule has 0 aliphatic carbocycles. The molecular formula is C26H22N4O2. The summed E-state index contributed by atoms with van der Waals surface area (Å²) in [5.41, 5.74) is 4.01. The second-order valence-corrected chi connectivity index (χ2v) is 7.61. The largest absolute Gasteiger partial charge is 0.457 e. The first-order valence-electron chi connectivity index (χ1n) is 10.5. The maximum atomic E-state index is 13.3. The molecule has 5 rings (SSSR count). The Bertz CT molecular complexity index is 1270. The maximum absolute atomic E-state index is 13.3. The summed E-state index contributed by atoms with van der Waals surface area (Å²) in [5, 5.41) is 8.01. The lowest BCUT2D eigenvalue weighted by atomic mass is 9.96. The van der Waals surface area contributed by atoms with Gasteiger partial charge in [-0.2, -0.15) is 4.98 Å². The molecule has 32 heavy (non-hydrogen) atoms. The predicted octanol–water partition coefficient (Wildman–Crippen LogP) is 4.98. The zero-order chi connectivity index (χ0) is 21.9. The minimum Gasteiger partial charge on any atom is -0.457 e. The summed E-state index contributed by atoms with van der Waals surface area (Å²) in [6.07, 6.45) is 0.